The molecule has 0 fully saturated rings. The first kappa shape index (κ1) is 26.9. The number of benzene rings is 2. The second-order valence-electron chi connectivity index (χ2n) is 7.37. The van der Waals surface area contributed by atoms with Gasteiger partial charge in [-0.2, -0.15) is 10.4 Å². The zero-order valence-corrected chi connectivity index (χ0v) is 21.6. The van der Waals surface area contributed by atoms with E-state index in [1.54, 1.807) is 19.2 Å². The highest BCUT2D eigenvalue weighted by atomic mass is 127. The number of halogens is 2. The van der Waals surface area contributed by atoms with Gasteiger partial charge in [0.2, 0.25) is 0 Å². The molecule has 0 bridgehead atoms. The second-order valence-corrected chi connectivity index (χ2v) is 7.37. The minimum absolute atomic E-state index is 0. The van der Waals surface area contributed by atoms with Crippen LogP contribution in [0, 0.1) is 17.1 Å². The molecule has 0 aliphatic carbocycles. The molecule has 0 amide bonds. The summed E-state index contributed by atoms with van der Waals surface area (Å²) in [6.07, 6.45) is 1.29. The van der Waals surface area contributed by atoms with E-state index in [0.717, 1.165) is 18.1 Å². The Bertz CT molecular complexity index is 1110. The van der Waals surface area contributed by atoms with Crippen LogP contribution in [0.5, 0.6) is 5.75 Å². The average Bonchev–Trinajstić information content (AvgIpc) is 3.15. The lowest BCUT2D eigenvalue weighted by Crippen LogP contribution is -2.41. The van der Waals surface area contributed by atoms with E-state index in [1.165, 1.54) is 16.8 Å². The zero-order chi connectivity index (χ0) is 23.6. The van der Waals surface area contributed by atoms with Gasteiger partial charge in [0.1, 0.15) is 35.6 Å². The lowest BCUT2D eigenvalue weighted by molar-refractivity contribution is 0.281. The largest absolute Gasteiger partial charge is 0.492 e. The molecule has 180 valence electrons. The third-order valence-electron chi connectivity index (χ3n) is 5.06. The topological polar surface area (TPSA) is 104 Å². The molecule has 0 atom stereocenters. The Balaban J connectivity index is 0.00000408. The number of likely N-dealkylation sites (N-methyl/N-ethyl adjacent to an activating group) is 1. The molecule has 3 aromatic rings. The van der Waals surface area contributed by atoms with Gasteiger partial charge in [-0.25, -0.2) is 9.07 Å². The van der Waals surface area contributed by atoms with Crippen molar-refractivity contribution in [3.63, 3.8) is 0 Å². The van der Waals surface area contributed by atoms with Crippen LogP contribution in [0.3, 0.4) is 0 Å². The highest BCUT2D eigenvalue weighted by Gasteiger charge is 2.16. The van der Waals surface area contributed by atoms with E-state index in [-0.39, 0.29) is 35.6 Å². The number of aromatic nitrogens is 2. The lowest BCUT2D eigenvalue weighted by atomic mass is 10.1. The molecule has 0 saturated carbocycles. The van der Waals surface area contributed by atoms with Crippen LogP contribution in [0.1, 0.15) is 17.7 Å². The fraction of sp³-hybridized carbons (Fsp3) is 0.292. The number of nitrogen functional groups attached to an aromatic ring is 1. The van der Waals surface area contributed by atoms with Gasteiger partial charge in [0, 0.05) is 20.6 Å². The number of anilines is 1. The third-order valence-corrected chi connectivity index (χ3v) is 5.06. The number of para-hydroxylation sites is 1. The van der Waals surface area contributed by atoms with Gasteiger partial charge in [0.25, 0.3) is 0 Å². The molecule has 0 radical (unpaired) electrons. The standard InChI is InChI=1S/C24H28FN7O.HI/c1-28-24(31(2)15-16-33-20-7-4-3-5-8-20)29-14-6-9-22-21(17-26)23(27)32(30-22)19-12-10-18(25)11-13-19;/h3-5,7-8,10-13H,6,9,14-16,27H2,1-2H3,(H,28,29);1H. The minimum Gasteiger partial charge on any atom is -0.492 e. The maximum Gasteiger partial charge on any atom is 0.193 e. The quantitative estimate of drug-likeness (QED) is 0.174. The number of ether oxygens (including phenoxy) is 1. The molecule has 1 aromatic heterocycles. The van der Waals surface area contributed by atoms with Gasteiger partial charge in [0.15, 0.2) is 5.96 Å². The summed E-state index contributed by atoms with van der Waals surface area (Å²) in [4.78, 5) is 6.30. The number of nitrogens with zero attached hydrogens (tertiary/aromatic N) is 5. The summed E-state index contributed by atoms with van der Waals surface area (Å²) < 4.78 is 20.4. The van der Waals surface area contributed by atoms with Gasteiger partial charge in [-0.15, -0.1) is 24.0 Å². The monoisotopic (exact) mass is 577 g/mol. The Labute approximate surface area is 216 Å². The number of aryl methyl sites for hydroxylation is 1. The van der Waals surface area contributed by atoms with E-state index < -0.39 is 0 Å². The Morgan fingerprint density at radius 2 is 1.94 bits per heavy atom. The van der Waals surface area contributed by atoms with Crippen molar-refractivity contribution in [2.45, 2.75) is 12.8 Å². The number of nitrogens with one attached hydrogen (secondary N) is 1. The molecule has 3 N–H and O–H groups in total. The SMILES string of the molecule is CN=C(NCCCc1nn(-c2ccc(F)cc2)c(N)c1C#N)N(C)CCOc1ccccc1.I. The van der Waals surface area contributed by atoms with Crippen LogP contribution in [-0.2, 0) is 6.42 Å². The first-order chi connectivity index (χ1) is 16.0. The zero-order valence-electron chi connectivity index (χ0n) is 19.2. The van der Waals surface area contributed by atoms with Crippen molar-refractivity contribution in [3.05, 3.63) is 71.7 Å². The average molecular weight is 577 g/mol. The highest BCUT2D eigenvalue weighted by molar-refractivity contribution is 14.0. The van der Waals surface area contributed by atoms with Crippen molar-refractivity contribution in [1.82, 2.24) is 20.0 Å². The van der Waals surface area contributed by atoms with Gasteiger partial charge in [0.05, 0.1) is 17.9 Å². The van der Waals surface area contributed by atoms with Crippen molar-refractivity contribution in [1.29, 1.82) is 5.26 Å². The van der Waals surface area contributed by atoms with Gasteiger partial charge in [-0.3, -0.25) is 4.99 Å². The summed E-state index contributed by atoms with van der Waals surface area (Å²) in [5.74, 6) is 1.49. The molecule has 8 nitrogen and oxygen atoms in total. The number of rotatable bonds is 9. The van der Waals surface area contributed by atoms with Crippen LogP contribution in [0.2, 0.25) is 0 Å². The van der Waals surface area contributed by atoms with Crippen LogP contribution in [0.25, 0.3) is 5.69 Å². The first-order valence-electron chi connectivity index (χ1n) is 10.7. The Morgan fingerprint density at radius 3 is 2.59 bits per heavy atom. The van der Waals surface area contributed by atoms with Crippen molar-refractivity contribution < 1.29 is 9.13 Å². The number of aliphatic imine (C=N–C) groups is 1. The van der Waals surface area contributed by atoms with Crippen molar-refractivity contribution >= 4 is 35.8 Å². The van der Waals surface area contributed by atoms with E-state index in [0.29, 0.717) is 43.1 Å². The number of hydrogen-bond donors (Lipinski definition) is 2. The Kier molecular flexibility index (Phi) is 10.6. The molecular weight excluding hydrogens is 548 g/mol. The molecule has 0 aliphatic heterocycles. The van der Waals surface area contributed by atoms with Gasteiger partial charge in [-0.1, -0.05) is 18.2 Å². The molecule has 3 rings (SSSR count). The predicted molar refractivity (Wildman–Crippen MR) is 142 cm³/mol. The van der Waals surface area contributed by atoms with E-state index in [9.17, 15) is 9.65 Å². The molecule has 0 spiro atoms. The summed E-state index contributed by atoms with van der Waals surface area (Å²) in [6, 6.07) is 17.6. The summed E-state index contributed by atoms with van der Waals surface area (Å²) in [5.41, 5.74) is 7.68. The number of nitriles is 1. The Hall–Kier alpha value is -3.33. The number of nitrogens with two attached hydrogens (primary N) is 1. The highest BCUT2D eigenvalue weighted by Crippen LogP contribution is 2.21. The van der Waals surface area contributed by atoms with E-state index in [2.05, 4.69) is 21.5 Å². The maximum atomic E-state index is 13.2. The van der Waals surface area contributed by atoms with Gasteiger partial charge >= 0.3 is 0 Å². The summed E-state index contributed by atoms with van der Waals surface area (Å²) in [5, 5.41) is 17.3. The van der Waals surface area contributed by atoms with Crippen molar-refractivity contribution in [2.75, 3.05) is 39.5 Å². The van der Waals surface area contributed by atoms with Crippen LogP contribution < -0.4 is 15.8 Å². The summed E-state index contributed by atoms with van der Waals surface area (Å²) in [6.45, 7) is 1.85. The van der Waals surface area contributed by atoms with Gasteiger partial charge in [-0.05, 0) is 49.2 Å². The number of hydrogen-bond acceptors (Lipinski definition) is 5. The molecule has 0 aliphatic rings. The minimum atomic E-state index is -0.346. The molecule has 0 saturated heterocycles. The molecule has 1 heterocycles. The van der Waals surface area contributed by atoms with Crippen LogP contribution in [0.15, 0.2) is 59.6 Å². The normalized spacial score (nSPS) is 10.8. The maximum absolute atomic E-state index is 13.2. The van der Waals surface area contributed by atoms with Crippen LogP contribution >= 0.6 is 24.0 Å². The molecular formula is C24H29FIN7O. The van der Waals surface area contributed by atoms with Crippen LogP contribution in [0.4, 0.5) is 10.2 Å². The number of guanidine groups is 1. The molecule has 0 unspecified atom stereocenters. The van der Waals surface area contributed by atoms with Crippen molar-refractivity contribution in [3.8, 4) is 17.5 Å². The van der Waals surface area contributed by atoms with Crippen LogP contribution in [-0.4, -0.2) is 54.4 Å². The Morgan fingerprint density at radius 1 is 1.24 bits per heavy atom. The molecule has 10 heteroatoms. The second kappa shape index (κ2) is 13.4. The van der Waals surface area contributed by atoms with E-state index in [4.69, 9.17) is 10.5 Å². The summed E-state index contributed by atoms with van der Waals surface area (Å²) in [7, 11) is 3.68. The van der Waals surface area contributed by atoms with Gasteiger partial charge < -0.3 is 20.7 Å². The van der Waals surface area contributed by atoms with E-state index in [1.807, 2.05) is 42.3 Å². The van der Waals surface area contributed by atoms with E-state index >= 15 is 0 Å². The molecule has 34 heavy (non-hydrogen) atoms. The summed E-state index contributed by atoms with van der Waals surface area (Å²) >= 11 is 0. The fourth-order valence-corrected chi connectivity index (χ4v) is 3.32. The lowest BCUT2D eigenvalue weighted by Gasteiger charge is -2.22. The fourth-order valence-electron chi connectivity index (χ4n) is 3.32. The van der Waals surface area contributed by atoms with Crippen molar-refractivity contribution in [2.24, 2.45) is 4.99 Å². The first-order valence-corrected chi connectivity index (χ1v) is 10.7. The third kappa shape index (κ3) is 7.08. The smallest absolute Gasteiger partial charge is 0.193 e. The predicted octanol–water partition coefficient (Wildman–Crippen LogP) is 3.60. The molecule has 2 aromatic carbocycles.